The first-order valence-corrected chi connectivity index (χ1v) is 13.9. The SMILES string of the molecule is CN1CCN(C(=O)Nc2ccc(O)c(Cl)c2)CC1.NC1(c2ccncc2)CCC(N2CCCCC2)CC1. The first-order valence-electron chi connectivity index (χ1n) is 13.5. The topological polar surface area (TPSA) is 98.0 Å². The molecule has 1 aromatic heterocycles. The van der Waals surface area contributed by atoms with E-state index in [0.29, 0.717) is 18.8 Å². The highest BCUT2D eigenvalue weighted by Crippen LogP contribution is 2.37. The molecule has 2 saturated heterocycles. The Morgan fingerprint density at radius 2 is 1.68 bits per heavy atom. The number of halogens is 1. The lowest BCUT2D eigenvalue weighted by molar-refractivity contribution is 0.105. The third-order valence-electron chi connectivity index (χ3n) is 8.00. The van der Waals surface area contributed by atoms with Crippen molar-refractivity contribution in [3.63, 3.8) is 0 Å². The molecule has 37 heavy (non-hydrogen) atoms. The van der Waals surface area contributed by atoms with Gasteiger partial charge in [0.1, 0.15) is 5.75 Å². The van der Waals surface area contributed by atoms with Crippen LogP contribution in [-0.2, 0) is 5.54 Å². The molecule has 1 aromatic carbocycles. The van der Waals surface area contributed by atoms with Crippen molar-refractivity contribution in [1.82, 2.24) is 19.7 Å². The predicted octanol–water partition coefficient (Wildman–Crippen LogP) is 4.49. The van der Waals surface area contributed by atoms with E-state index >= 15 is 0 Å². The molecule has 0 atom stereocenters. The van der Waals surface area contributed by atoms with Crippen LogP contribution < -0.4 is 11.1 Å². The highest BCUT2D eigenvalue weighted by Gasteiger charge is 2.35. The minimum Gasteiger partial charge on any atom is -0.506 e. The molecule has 1 saturated carbocycles. The van der Waals surface area contributed by atoms with Crippen molar-refractivity contribution >= 4 is 23.3 Å². The number of phenols is 1. The molecule has 3 fully saturated rings. The van der Waals surface area contributed by atoms with Gasteiger partial charge < -0.3 is 30.9 Å². The molecule has 2 aliphatic heterocycles. The molecule has 0 radical (unpaired) electrons. The number of piperazine rings is 1. The number of amides is 2. The molecular formula is C28H41ClN6O2. The molecule has 202 valence electrons. The zero-order chi connectivity index (χ0) is 26.3. The molecule has 2 aromatic rings. The third kappa shape index (κ3) is 7.57. The standard InChI is InChI=1S/C16H25N3.C12H16ClN3O2/c17-16(14-6-10-18-11-7-14)8-4-15(5-9-16)19-12-2-1-3-13-19;1-15-4-6-16(7-5-15)12(18)14-9-2-3-11(17)10(13)8-9/h6-7,10-11,15H,1-5,8-9,12-13,17H2;2-3,8,17H,4-7H2,1H3,(H,14,18). The molecule has 8 nitrogen and oxygen atoms in total. The number of carbonyl (C=O) groups is 1. The van der Waals surface area contributed by atoms with Gasteiger partial charge in [-0.2, -0.15) is 0 Å². The number of phenolic OH excluding ortho intramolecular Hbond substituents is 1. The average molecular weight is 529 g/mol. The largest absolute Gasteiger partial charge is 0.506 e. The predicted molar refractivity (Wildman–Crippen MR) is 149 cm³/mol. The Hall–Kier alpha value is -2.39. The zero-order valence-corrected chi connectivity index (χ0v) is 22.7. The minimum absolute atomic E-state index is 0.00858. The Morgan fingerprint density at radius 1 is 1.03 bits per heavy atom. The number of piperidine rings is 1. The van der Waals surface area contributed by atoms with Gasteiger partial charge in [-0.25, -0.2) is 4.79 Å². The van der Waals surface area contributed by atoms with Crippen LogP contribution in [0.2, 0.25) is 5.02 Å². The van der Waals surface area contributed by atoms with Gasteiger partial charge in [0, 0.05) is 55.8 Å². The van der Waals surface area contributed by atoms with E-state index in [2.05, 4.69) is 32.2 Å². The molecule has 0 bridgehead atoms. The second-order valence-electron chi connectivity index (χ2n) is 10.6. The van der Waals surface area contributed by atoms with E-state index in [4.69, 9.17) is 17.3 Å². The van der Waals surface area contributed by atoms with E-state index in [1.165, 1.54) is 62.9 Å². The Morgan fingerprint density at radius 3 is 2.30 bits per heavy atom. The lowest BCUT2D eigenvalue weighted by atomic mass is 9.75. The molecule has 5 rings (SSSR count). The van der Waals surface area contributed by atoms with Crippen molar-refractivity contribution in [2.24, 2.45) is 5.73 Å². The van der Waals surface area contributed by atoms with E-state index < -0.39 is 0 Å². The third-order valence-corrected chi connectivity index (χ3v) is 8.30. The van der Waals surface area contributed by atoms with Gasteiger partial charge in [-0.15, -0.1) is 0 Å². The summed E-state index contributed by atoms with van der Waals surface area (Å²) in [5, 5.41) is 12.3. The van der Waals surface area contributed by atoms with Crippen LogP contribution in [0.15, 0.2) is 42.7 Å². The Bertz CT molecular complexity index is 1000. The van der Waals surface area contributed by atoms with Gasteiger partial charge >= 0.3 is 6.03 Å². The maximum absolute atomic E-state index is 12.0. The van der Waals surface area contributed by atoms with E-state index in [9.17, 15) is 9.90 Å². The number of aromatic nitrogens is 1. The smallest absolute Gasteiger partial charge is 0.321 e. The number of urea groups is 1. The van der Waals surface area contributed by atoms with Crippen molar-refractivity contribution in [2.75, 3.05) is 51.6 Å². The number of aromatic hydroxyl groups is 1. The average Bonchev–Trinajstić information content (AvgIpc) is 2.93. The number of rotatable bonds is 3. The van der Waals surface area contributed by atoms with E-state index in [1.54, 1.807) is 11.0 Å². The molecule has 4 N–H and O–H groups in total. The molecule has 0 spiro atoms. The summed E-state index contributed by atoms with van der Waals surface area (Å²) in [5.74, 6) is 0.00858. The number of nitrogens with zero attached hydrogens (tertiary/aromatic N) is 4. The van der Waals surface area contributed by atoms with Crippen LogP contribution in [0.1, 0.15) is 50.5 Å². The van der Waals surface area contributed by atoms with Gasteiger partial charge in [-0.1, -0.05) is 18.0 Å². The van der Waals surface area contributed by atoms with Crippen molar-refractivity contribution in [3.05, 3.63) is 53.3 Å². The summed E-state index contributed by atoms with van der Waals surface area (Å²) in [7, 11) is 2.04. The van der Waals surface area contributed by atoms with E-state index in [0.717, 1.165) is 32.0 Å². The van der Waals surface area contributed by atoms with Crippen LogP contribution in [0.5, 0.6) is 5.75 Å². The Balaban J connectivity index is 0.000000173. The lowest BCUT2D eigenvalue weighted by Gasteiger charge is -2.43. The number of hydrogen-bond acceptors (Lipinski definition) is 6. The highest BCUT2D eigenvalue weighted by molar-refractivity contribution is 6.32. The van der Waals surface area contributed by atoms with Crippen molar-refractivity contribution in [2.45, 2.75) is 56.5 Å². The number of carbonyl (C=O) groups excluding carboxylic acids is 1. The number of nitrogens with one attached hydrogen (secondary N) is 1. The summed E-state index contributed by atoms with van der Waals surface area (Å²) in [6.45, 7) is 5.80. The molecule has 0 unspecified atom stereocenters. The Kier molecular flexibility index (Phi) is 9.65. The number of benzene rings is 1. The normalized spacial score (nSPS) is 25.2. The maximum atomic E-state index is 12.0. The summed E-state index contributed by atoms with van der Waals surface area (Å²) >= 11 is 5.78. The molecular weight excluding hydrogens is 488 g/mol. The first kappa shape index (κ1) is 27.6. The number of likely N-dealkylation sites (tertiary alicyclic amines) is 1. The lowest BCUT2D eigenvalue weighted by Crippen LogP contribution is -2.48. The Labute approximate surface area is 225 Å². The summed E-state index contributed by atoms with van der Waals surface area (Å²) in [4.78, 5) is 22.7. The second-order valence-corrected chi connectivity index (χ2v) is 11.0. The molecule has 3 aliphatic rings. The number of anilines is 1. The monoisotopic (exact) mass is 528 g/mol. The first-order chi connectivity index (χ1) is 17.8. The van der Waals surface area contributed by atoms with Gasteiger partial charge in [0.15, 0.2) is 0 Å². The van der Waals surface area contributed by atoms with Crippen LogP contribution >= 0.6 is 11.6 Å². The molecule has 9 heteroatoms. The summed E-state index contributed by atoms with van der Waals surface area (Å²) in [6, 6.07) is 9.42. The quantitative estimate of drug-likeness (QED) is 0.508. The van der Waals surface area contributed by atoms with Crippen molar-refractivity contribution in [1.29, 1.82) is 0 Å². The van der Waals surface area contributed by atoms with Crippen LogP contribution in [0, 0.1) is 0 Å². The van der Waals surface area contributed by atoms with E-state index in [-0.39, 0.29) is 22.3 Å². The highest BCUT2D eigenvalue weighted by atomic mass is 35.5. The number of nitrogens with two attached hydrogens (primary N) is 1. The number of pyridine rings is 1. The fraction of sp³-hybridized carbons (Fsp3) is 0.571. The summed E-state index contributed by atoms with van der Waals surface area (Å²) in [5.41, 5.74) is 8.36. The van der Waals surface area contributed by atoms with Crippen LogP contribution in [-0.4, -0.2) is 83.2 Å². The minimum atomic E-state index is -0.134. The fourth-order valence-electron chi connectivity index (χ4n) is 5.54. The van der Waals surface area contributed by atoms with Gasteiger partial charge in [0.25, 0.3) is 0 Å². The van der Waals surface area contributed by atoms with Crippen molar-refractivity contribution in [3.8, 4) is 5.75 Å². The molecule has 2 amide bonds. The second kappa shape index (κ2) is 12.9. The molecule has 1 aliphatic carbocycles. The van der Waals surface area contributed by atoms with Gasteiger partial charge in [-0.3, -0.25) is 4.98 Å². The van der Waals surface area contributed by atoms with Crippen LogP contribution in [0.4, 0.5) is 10.5 Å². The zero-order valence-electron chi connectivity index (χ0n) is 21.9. The van der Waals surface area contributed by atoms with Crippen molar-refractivity contribution < 1.29 is 9.90 Å². The fourth-order valence-corrected chi connectivity index (χ4v) is 5.72. The number of hydrogen-bond donors (Lipinski definition) is 3. The summed E-state index contributed by atoms with van der Waals surface area (Å²) in [6.07, 6.45) is 12.6. The molecule has 3 heterocycles. The maximum Gasteiger partial charge on any atom is 0.321 e. The van der Waals surface area contributed by atoms with Crippen LogP contribution in [0.25, 0.3) is 0 Å². The van der Waals surface area contributed by atoms with Crippen LogP contribution in [0.3, 0.4) is 0 Å². The summed E-state index contributed by atoms with van der Waals surface area (Å²) < 4.78 is 0. The van der Waals surface area contributed by atoms with Gasteiger partial charge in [0.05, 0.1) is 5.02 Å². The van der Waals surface area contributed by atoms with Gasteiger partial charge in [0.2, 0.25) is 0 Å². The van der Waals surface area contributed by atoms with E-state index in [1.807, 2.05) is 19.4 Å². The number of likely N-dealkylation sites (N-methyl/N-ethyl adjacent to an activating group) is 1. The van der Waals surface area contributed by atoms with Gasteiger partial charge in [-0.05, 0) is 94.6 Å².